The molecular formula is C12H27KO3S. The number of rotatable bonds is 12. The molecule has 0 aromatic heterocycles. The SMILES string of the molecule is CCCCCCCCCCCCO[SH](=O)=O.[KH]. The standard InChI is InChI=1S/C12H26O3S.K.H/c1-2-3-4-5-6-7-8-9-10-11-12-15-16(13)14;;/h16H,2-12H2,1H3;;. The summed E-state index contributed by atoms with van der Waals surface area (Å²) in [4.78, 5) is 0. The van der Waals surface area contributed by atoms with Gasteiger partial charge in [-0.1, -0.05) is 64.7 Å². The van der Waals surface area contributed by atoms with Gasteiger partial charge in [-0.05, 0) is 6.42 Å². The second-order valence-corrected chi connectivity index (χ2v) is 4.94. The summed E-state index contributed by atoms with van der Waals surface area (Å²) in [7, 11) is -2.64. The van der Waals surface area contributed by atoms with E-state index in [1.807, 2.05) is 0 Å². The first-order chi connectivity index (χ1) is 7.77. The third-order valence-electron chi connectivity index (χ3n) is 2.69. The summed E-state index contributed by atoms with van der Waals surface area (Å²) in [6.07, 6.45) is 12.5. The van der Waals surface area contributed by atoms with Gasteiger partial charge >= 0.3 is 51.4 Å². The van der Waals surface area contributed by atoms with Crippen molar-refractivity contribution >= 4 is 62.4 Å². The summed E-state index contributed by atoms with van der Waals surface area (Å²) in [6, 6.07) is 0. The Bertz CT molecular complexity index is 200. The van der Waals surface area contributed by atoms with E-state index in [0.717, 1.165) is 12.8 Å². The van der Waals surface area contributed by atoms with Crippen molar-refractivity contribution < 1.29 is 12.6 Å². The number of thiol groups is 1. The van der Waals surface area contributed by atoms with Gasteiger partial charge in [0.05, 0.1) is 6.61 Å². The number of hydrogen-bond donors (Lipinski definition) is 1. The molecule has 0 spiro atoms. The summed E-state index contributed by atoms with van der Waals surface area (Å²) in [6.45, 7) is 2.59. The second kappa shape index (κ2) is 17.5. The molecule has 0 aromatic rings. The predicted octanol–water partition coefficient (Wildman–Crippen LogP) is 2.80. The van der Waals surface area contributed by atoms with Gasteiger partial charge in [-0.3, -0.25) is 4.18 Å². The van der Waals surface area contributed by atoms with Crippen LogP contribution in [0.3, 0.4) is 0 Å². The molecule has 0 saturated carbocycles. The Balaban J connectivity index is 0. The third-order valence-corrected chi connectivity index (χ3v) is 3.09. The zero-order valence-corrected chi connectivity index (χ0v) is 11.3. The molecule has 0 fully saturated rings. The Kier molecular flexibility index (Phi) is 21.5. The molecule has 0 radical (unpaired) electrons. The van der Waals surface area contributed by atoms with Crippen LogP contribution in [0.1, 0.15) is 71.1 Å². The Labute approximate surface area is 151 Å². The van der Waals surface area contributed by atoms with E-state index in [0.29, 0.717) is 6.61 Å². The van der Waals surface area contributed by atoms with Crippen molar-refractivity contribution in [2.24, 2.45) is 0 Å². The molecule has 0 bridgehead atoms. The first kappa shape index (κ1) is 20.9. The molecular weight excluding hydrogens is 263 g/mol. The van der Waals surface area contributed by atoms with Gasteiger partial charge in [-0.2, -0.15) is 0 Å². The van der Waals surface area contributed by atoms with Gasteiger partial charge < -0.3 is 0 Å². The minimum atomic E-state index is -2.64. The van der Waals surface area contributed by atoms with Crippen LogP contribution in [0.15, 0.2) is 0 Å². The van der Waals surface area contributed by atoms with Gasteiger partial charge in [0.15, 0.2) is 0 Å². The molecule has 17 heavy (non-hydrogen) atoms. The minimum absolute atomic E-state index is 0. The van der Waals surface area contributed by atoms with Crippen molar-refractivity contribution in [3.63, 3.8) is 0 Å². The molecule has 0 unspecified atom stereocenters. The average molecular weight is 291 g/mol. The topological polar surface area (TPSA) is 43.4 Å². The summed E-state index contributed by atoms with van der Waals surface area (Å²) >= 11 is 0. The van der Waals surface area contributed by atoms with Gasteiger partial charge in [-0.25, -0.2) is 8.42 Å². The van der Waals surface area contributed by atoms with Crippen molar-refractivity contribution in [2.45, 2.75) is 71.1 Å². The van der Waals surface area contributed by atoms with Crippen LogP contribution in [0.5, 0.6) is 0 Å². The van der Waals surface area contributed by atoms with Gasteiger partial charge in [0.2, 0.25) is 0 Å². The van der Waals surface area contributed by atoms with Gasteiger partial charge in [-0.15, -0.1) is 0 Å². The zero-order valence-electron chi connectivity index (χ0n) is 10.5. The molecule has 0 amide bonds. The van der Waals surface area contributed by atoms with E-state index in [4.69, 9.17) is 0 Å². The fraction of sp³-hybridized carbons (Fsp3) is 1.00. The Hall–Kier alpha value is 1.55. The van der Waals surface area contributed by atoms with E-state index < -0.39 is 11.0 Å². The van der Waals surface area contributed by atoms with Gasteiger partial charge in [0.25, 0.3) is 11.0 Å². The summed E-state index contributed by atoms with van der Waals surface area (Å²) in [5, 5.41) is 0. The monoisotopic (exact) mass is 290 g/mol. The molecule has 0 saturated heterocycles. The Morgan fingerprint density at radius 1 is 0.765 bits per heavy atom. The molecule has 3 nitrogen and oxygen atoms in total. The summed E-state index contributed by atoms with van der Waals surface area (Å²) < 4.78 is 24.6. The third kappa shape index (κ3) is 20.0. The van der Waals surface area contributed by atoms with Crippen LogP contribution in [0.25, 0.3) is 0 Å². The van der Waals surface area contributed by atoms with E-state index in [-0.39, 0.29) is 51.4 Å². The van der Waals surface area contributed by atoms with Crippen molar-refractivity contribution in [1.82, 2.24) is 0 Å². The van der Waals surface area contributed by atoms with Crippen LogP contribution in [0.2, 0.25) is 0 Å². The molecule has 0 aliphatic heterocycles. The maximum absolute atomic E-state index is 10.1. The van der Waals surface area contributed by atoms with Crippen molar-refractivity contribution in [2.75, 3.05) is 6.61 Å². The van der Waals surface area contributed by atoms with Crippen LogP contribution in [-0.2, 0) is 15.2 Å². The van der Waals surface area contributed by atoms with E-state index >= 15 is 0 Å². The van der Waals surface area contributed by atoms with E-state index in [1.54, 1.807) is 0 Å². The number of unbranched alkanes of at least 4 members (excludes halogenated alkanes) is 9. The average Bonchev–Trinajstić information content (AvgIpc) is 2.25. The zero-order chi connectivity index (χ0) is 12.1. The first-order valence-electron chi connectivity index (χ1n) is 6.54. The second-order valence-electron chi connectivity index (χ2n) is 4.24. The fourth-order valence-corrected chi connectivity index (χ4v) is 2.01. The van der Waals surface area contributed by atoms with Crippen LogP contribution in [0, 0.1) is 0 Å². The normalized spacial score (nSPS) is 10.5. The first-order valence-corrected chi connectivity index (χ1v) is 7.64. The van der Waals surface area contributed by atoms with Crippen LogP contribution in [-0.4, -0.2) is 66.4 Å². The number of hydrogen-bond acceptors (Lipinski definition) is 3. The molecule has 0 heterocycles. The molecule has 0 N–H and O–H groups in total. The van der Waals surface area contributed by atoms with Gasteiger partial charge in [0, 0.05) is 0 Å². The van der Waals surface area contributed by atoms with Crippen LogP contribution < -0.4 is 0 Å². The summed E-state index contributed by atoms with van der Waals surface area (Å²) in [5.41, 5.74) is 0. The molecule has 100 valence electrons. The van der Waals surface area contributed by atoms with E-state index in [9.17, 15) is 8.42 Å². The maximum atomic E-state index is 10.1. The summed E-state index contributed by atoms with van der Waals surface area (Å²) in [5.74, 6) is 0. The van der Waals surface area contributed by atoms with Crippen LogP contribution >= 0.6 is 0 Å². The van der Waals surface area contributed by atoms with E-state index in [2.05, 4.69) is 11.1 Å². The molecule has 0 aromatic carbocycles. The van der Waals surface area contributed by atoms with Crippen LogP contribution in [0.4, 0.5) is 0 Å². The molecule has 0 aliphatic carbocycles. The van der Waals surface area contributed by atoms with Crippen molar-refractivity contribution in [3.05, 3.63) is 0 Å². The fourth-order valence-electron chi connectivity index (χ4n) is 1.73. The quantitative estimate of drug-likeness (QED) is 0.341. The molecule has 0 rings (SSSR count). The molecule has 5 heteroatoms. The van der Waals surface area contributed by atoms with E-state index in [1.165, 1.54) is 51.4 Å². The van der Waals surface area contributed by atoms with Gasteiger partial charge in [0.1, 0.15) is 0 Å². The molecule has 0 aliphatic rings. The van der Waals surface area contributed by atoms with Crippen molar-refractivity contribution in [1.29, 1.82) is 0 Å². The van der Waals surface area contributed by atoms with Crippen molar-refractivity contribution in [3.8, 4) is 0 Å². The Morgan fingerprint density at radius 3 is 1.59 bits per heavy atom. The molecule has 0 atom stereocenters. The predicted molar refractivity (Wildman–Crippen MR) is 75.3 cm³/mol. The Morgan fingerprint density at radius 2 is 1.18 bits per heavy atom.